The number of fused-ring (bicyclic) bond motifs is 1. The molecule has 3 rings (SSSR count). The molecule has 1 aromatic carbocycles. The van der Waals surface area contributed by atoms with Crippen molar-refractivity contribution in [3.63, 3.8) is 0 Å². The molecule has 0 amide bonds. The van der Waals surface area contributed by atoms with Gasteiger partial charge in [-0.15, -0.1) is 0 Å². The number of para-hydroxylation sites is 1. The fourth-order valence-electron chi connectivity index (χ4n) is 2.59. The highest BCUT2D eigenvalue weighted by Crippen LogP contribution is 2.30. The second-order valence-electron chi connectivity index (χ2n) is 4.65. The molecule has 1 saturated heterocycles. The van der Waals surface area contributed by atoms with Crippen LogP contribution in [-0.2, 0) is 0 Å². The third-order valence-electron chi connectivity index (χ3n) is 3.53. The lowest BCUT2D eigenvalue weighted by molar-refractivity contribution is 0.266. The van der Waals surface area contributed by atoms with Crippen LogP contribution in [0.1, 0.15) is 12.8 Å². The van der Waals surface area contributed by atoms with Gasteiger partial charge in [-0.2, -0.15) is 0 Å². The monoisotopic (exact) mass is 262 g/mol. The Morgan fingerprint density at radius 1 is 1.39 bits per heavy atom. The van der Waals surface area contributed by atoms with E-state index in [2.05, 4.69) is 9.88 Å². The maximum atomic E-state index is 9.38. The molecule has 0 saturated carbocycles. The van der Waals surface area contributed by atoms with Crippen molar-refractivity contribution in [1.82, 2.24) is 4.98 Å². The highest BCUT2D eigenvalue weighted by molar-refractivity contribution is 6.35. The molecule has 0 spiro atoms. The minimum absolute atomic E-state index is 0.173. The van der Waals surface area contributed by atoms with E-state index in [4.69, 9.17) is 11.6 Å². The average molecular weight is 263 g/mol. The molecule has 1 atom stereocenters. The van der Waals surface area contributed by atoms with Crippen LogP contribution in [0.2, 0.25) is 5.02 Å². The summed E-state index contributed by atoms with van der Waals surface area (Å²) in [5, 5.41) is 11.1. The summed E-state index contributed by atoms with van der Waals surface area (Å²) in [5.41, 5.74) is 0.906. The molecule has 1 aliphatic heterocycles. The van der Waals surface area contributed by atoms with Gasteiger partial charge in [0.2, 0.25) is 0 Å². The minimum atomic E-state index is 0.173. The van der Waals surface area contributed by atoms with Crippen molar-refractivity contribution < 1.29 is 5.11 Å². The first-order chi connectivity index (χ1) is 8.79. The Hall–Kier alpha value is -1.32. The Balaban J connectivity index is 2.07. The van der Waals surface area contributed by atoms with Gasteiger partial charge in [0, 0.05) is 11.9 Å². The molecule has 2 heterocycles. The van der Waals surface area contributed by atoms with E-state index in [0.717, 1.165) is 41.1 Å². The first-order valence-electron chi connectivity index (χ1n) is 6.22. The first kappa shape index (κ1) is 11.8. The molecule has 3 nitrogen and oxygen atoms in total. The van der Waals surface area contributed by atoms with Crippen molar-refractivity contribution in [2.45, 2.75) is 18.9 Å². The Morgan fingerprint density at radius 3 is 3.06 bits per heavy atom. The van der Waals surface area contributed by atoms with Crippen molar-refractivity contribution >= 4 is 28.3 Å². The van der Waals surface area contributed by atoms with Gasteiger partial charge in [-0.25, -0.2) is 4.98 Å². The van der Waals surface area contributed by atoms with Gasteiger partial charge in [0.15, 0.2) is 0 Å². The summed E-state index contributed by atoms with van der Waals surface area (Å²) < 4.78 is 0. The van der Waals surface area contributed by atoms with E-state index in [1.165, 1.54) is 0 Å². The van der Waals surface area contributed by atoms with Crippen LogP contribution in [0.15, 0.2) is 30.3 Å². The molecular weight excluding hydrogens is 248 g/mol. The van der Waals surface area contributed by atoms with Gasteiger partial charge in [-0.3, -0.25) is 0 Å². The summed E-state index contributed by atoms with van der Waals surface area (Å²) in [7, 11) is 0. The topological polar surface area (TPSA) is 36.4 Å². The van der Waals surface area contributed by atoms with Gasteiger partial charge in [0.25, 0.3) is 0 Å². The highest BCUT2D eigenvalue weighted by Gasteiger charge is 2.25. The Kier molecular flexibility index (Phi) is 3.10. The Bertz CT molecular complexity index is 573. The smallest absolute Gasteiger partial charge is 0.131 e. The SMILES string of the molecule is OC[C@@H]1CCCN1c1cc(Cl)c2ccccc2n1. The van der Waals surface area contributed by atoms with E-state index >= 15 is 0 Å². The lowest BCUT2D eigenvalue weighted by atomic mass is 10.2. The normalized spacial score (nSPS) is 19.7. The quantitative estimate of drug-likeness (QED) is 0.904. The van der Waals surface area contributed by atoms with E-state index in [9.17, 15) is 5.11 Å². The minimum Gasteiger partial charge on any atom is -0.394 e. The van der Waals surface area contributed by atoms with Gasteiger partial charge in [0.05, 0.1) is 23.2 Å². The number of aliphatic hydroxyl groups is 1. The van der Waals surface area contributed by atoms with Crippen LogP contribution in [0, 0.1) is 0 Å². The van der Waals surface area contributed by atoms with Gasteiger partial charge < -0.3 is 10.0 Å². The Morgan fingerprint density at radius 2 is 2.22 bits per heavy atom. The number of nitrogens with zero attached hydrogens (tertiary/aromatic N) is 2. The predicted molar refractivity (Wildman–Crippen MR) is 74.2 cm³/mol. The van der Waals surface area contributed by atoms with Gasteiger partial charge in [0.1, 0.15) is 5.82 Å². The van der Waals surface area contributed by atoms with Crippen LogP contribution in [0.5, 0.6) is 0 Å². The fraction of sp³-hybridized carbons (Fsp3) is 0.357. The first-order valence-corrected chi connectivity index (χ1v) is 6.60. The number of hydrogen-bond acceptors (Lipinski definition) is 3. The zero-order valence-corrected chi connectivity index (χ0v) is 10.8. The molecule has 94 valence electrons. The van der Waals surface area contributed by atoms with Crippen molar-refractivity contribution in [1.29, 1.82) is 0 Å². The second kappa shape index (κ2) is 4.75. The molecule has 0 aliphatic carbocycles. The van der Waals surface area contributed by atoms with E-state index < -0.39 is 0 Å². The average Bonchev–Trinajstić information content (AvgIpc) is 2.87. The van der Waals surface area contributed by atoms with E-state index in [1.807, 2.05) is 30.3 Å². The molecule has 2 aromatic rings. The van der Waals surface area contributed by atoms with Crippen LogP contribution in [0.25, 0.3) is 10.9 Å². The second-order valence-corrected chi connectivity index (χ2v) is 5.06. The maximum Gasteiger partial charge on any atom is 0.131 e. The number of aromatic nitrogens is 1. The summed E-state index contributed by atoms with van der Waals surface area (Å²) in [5.74, 6) is 0.871. The number of benzene rings is 1. The molecule has 1 N–H and O–H groups in total. The molecule has 0 radical (unpaired) electrons. The third-order valence-corrected chi connectivity index (χ3v) is 3.85. The largest absolute Gasteiger partial charge is 0.394 e. The van der Waals surface area contributed by atoms with Crippen molar-refractivity contribution in [2.24, 2.45) is 0 Å². The molecule has 1 aromatic heterocycles. The van der Waals surface area contributed by atoms with E-state index in [-0.39, 0.29) is 12.6 Å². The third kappa shape index (κ3) is 1.93. The predicted octanol–water partition coefficient (Wildman–Crippen LogP) is 2.85. The lowest BCUT2D eigenvalue weighted by Gasteiger charge is -2.24. The number of hydrogen-bond donors (Lipinski definition) is 1. The van der Waals surface area contributed by atoms with Crippen LogP contribution in [0.3, 0.4) is 0 Å². The van der Waals surface area contributed by atoms with Crippen LogP contribution < -0.4 is 4.90 Å². The van der Waals surface area contributed by atoms with Crippen LogP contribution >= 0.6 is 11.6 Å². The molecular formula is C14H15ClN2O. The summed E-state index contributed by atoms with van der Waals surface area (Å²) >= 11 is 6.30. The lowest BCUT2D eigenvalue weighted by Crippen LogP contribution is -2.32. The standard InChI is InChI=1S/C14H15ClN2O/c15-12-8-14(17-7-3-4-10(17)9-18)16-13-6-2-1-5-11(12)13/h1-2,5-6,8,10,18H,3-4,7,9H2/t10-/m0/s1. The van der Waals surface area contributed by atoms with Gasteiger partial charge in [-0.05, 0) is 25.0 Å². The van der Waals surface area contributed by atoms with E-state index in [0.29, 0.717) is 0 Å². The number of aliphatic hydroxyl groups excluding tert-OH is 1. The molecule has 0 unspecified atom stereocenters. The molecule has 0 bridgehead atoms. The molecule has 1 fully saturated rings. The van der Waals surface area contributed by atoms with Crippen molar-refractivity contribution in [3.8, 4) is 0 Å². The van der Waals surface area contributed by atoms with Crippen molar-refractivity contribution in [2.75, 3.05) is 18.1 Å². The zero-order valence-electron chi connectivity index (χ0n) is 10.0. The summed E-state index contributed by atoms with van der Waals surface area (Å²) in [6.07, 6.45) is 2.11. The van der Waals surface area contributed by atoms with Gasteiger partial charge in [-0.1, -0.05) is 29.8 Å². The highest BCUT2D eigenvalue weighted by atomic mass is 35.5. The maximum absolute atomic E-state index is 9.38. The summed E-state index contributed by atoms with van der Waals surface area (Å²) in [6.45, 7) is 1.11. The number of anilines is 1. The van der Waals surface area contributed by atoms with Crippen LogP contribution in [-0.4, -0.2) is 29.3 Å². The molecule has 18 heavy (non-hydrogen) atoms. The van der Waals surface area contributed by atoms with E-state index in [1.54, 1.807) is 0 Å². The molecule has 1 aliphatic rings. The molecule has 4 heteroatoms. The summed E-state index contributed by atoms with van der Waals surface area (Å²) in [4.78, 5) is 6.80. The van der Waals surface area contributed by atoms with Gasteiger partial charge >= 0.3 is 0 Å². The van der Waals surface area contributed by atoms with Crippen molar-refractivity contribution in [3.05, 3.63) is 35.4 Å². The summed E-state index contributed by atoms with van der Waals surface area (Å²) in [6, 6.07) is 9.94. The zero-order chi connectivity index (χ0) is 12.5. The number of pyridine rings is 1. The number of halogens is 1. The van der Waals surface area contributed by atoms with Crippen LogP contribution in [0.4, 0.5) is 5.82 Å². The number of rotatable bonds is 2. The fourth-order valence-corrected chi connectivity index (χ4v) is 2.85. The Labute approximate surface area is 111 Å².